The third-order valence-electron chi connectivity index (χ3n) is 4.31. The fourth-order valence-electron chi connectivity index (χ4n) is 2.75. The van der Waals surface area contributed by atoms with Gasteiger partial charge in [0.15, 0.2) is 0 Å². The van der Waals surface area contributed by atoms with Crippen LogP contribution in [0, 0.1) is 6.92 Å². The SMILES string of the molecule is Cc1cc(NC(=O)CN(Cc2ccc(Cl)cc2)S(=O)(=O)c2cccnc2)ccc1Br. The van der Waals surface area contributed by atoms with Crippen molar-refractivity contribution in [3.63, 3.8) is 0 Å². The summed E-state index contributed by atoms with van der Waals surface area (Å²) in [6.45, 7) is 1.57. The first-order valence-electron chi connectivity index (χ1n) is 8.96. The second-order valence-corrected chi connectivity index (χ2v) is 9.83. The number of pyridine rings is 1. The van der Waals surface area contributed by atoms with Crippen molar-refractivity contribution in [2.75, 3.05) is 11.9 Å². The number of rotatable bonds is 7. The Labute approximate surface area is 189 Å². The minimum Gasteiger partial charge on any atom is -0.325 e. The molecule has 2 aromatic carbocycles. The molecule has 0 bridgehead atoms. The number of carbonyl (C=O) groups excluding carboxylic acids is 1. The van der Waals surface area contributed by atoms with Crippen molar-refractivity contribution in [3.8, 4) is 0 Å². The molecule has 0 atom stereocenters. The molecule has 1 amide bonds. The minimum absolute atomic E-state index is 0.0151. The summed E-state index contributed by atoms with van der Waals surface area (Å²) in [5.41, 5.74) is 2.25. The number of nitrogens with one attached hydrogen (secondary N) is 1. The molecule has 0 fully saturated rings. The third kappa shape index (κ3) is 5.66. The van der Waals surface area contributed by atoms with Gasteiger partial charge in [-0.15, -0.1) is 0 Å². The van der Waals surface area contributed by atoms with Crippen LogP contribution in [0.15, 0.2) is 76.4 Å². The van der Waals surface area contributed by atoms with E-state index in [0.29, 0.717) is 16.3 Å². The largest absolute Gasteiger partial charge is 0.325 e. The molecule has 1 heterocycles. The fraction of sp³-hybridized carbons (Fsp3) is 0.143. The van der Waals surface area contributed by atoms with Gasteiger partial charge in [-0.2, -0.15) is 4.31 Å². The molecule has 0 spiro atoms. The summed E-state index contributed by atoms with van der Waals surface area (Å²) in [5, 5.41) is 3.30. The molecule has 9 heteroatoms. The van der Waals surface area contributed by atoms with Crippen LogP contribution in [0.2, 0.25) is 5.02 Å². The van der Waals surface area contributed by atoms with E-state index in [9.17, 15) is 13.2 Å². The topological polar surface area (TPSA) is 79.4 Å². The number of anilines is 1. The monoisotopic (exact) mass is 507 g/mol. The molecule has 1 aromatic heterocycles. The highest BCUT2D eigenvalue weighted by Crippen LogP contribution is 2.21. The standard InChI is InChI=1S/C21H19BrClN3O3S/c1-15-11-18(8-9-20(15)22)25-21(27)14-26(13-16-4-6-17(23)7-5-16)30(28,29)19-3-2-10-24-12-19/h2-12H,13-14H2,1H3,(H,25,27). The highest BCUT2D eigenvalue weighted by Gasteiger charge is 2.27. The Hall–Kier alpha value is -2.26. The number of aromatic nitrogens is 1. The first-order chi connectivity index (χ1) is 14.3. The third-order valence-corrected chi connectivity index (χ3v) is 7.22. The molecule has 1 N–H and O–H groups in total. The van der Waals surface area contributed by atoms with E-state index in [1.54, 1.807) is 36.4 Å². The molecule has 0 aliphatic heterocycles. The fourth-order valence-corrected chi connectivity index (χ4v) is 4.47. The lowest BCUT2D eigenvalue weighted by Crippen LogP contribution is -2.37. The minimum atomic E-state index is -3.94. The number of carbonyl (C=O) groups is 1. The van der Waals surface area contributed by atoms with Crippen LogP contribution >= 0.6 is 27.5 Å². The van der Waals surface area contributed by atoms with Gasteiger partial charge in [-0.25, -0.2) is 8.42 Å². The average Bonchev–Trinajstić information content (AvgIpc) is 2.72. The van der Waals surface area contributed by atoms with Crippen LogP contribution in [0.3, 0.4) is 0 Å². The van der Waals surface area contributed by atoms with E-state index in [1.807, 2.05) is 13.0 Å². The van der Waals surface area contributed by atoms with Gasteiger partial charge < -0.3 is 5.32 Å². The van der Waals surface area contributed by atoms with Crippen molar-refractivity contribution in [2.45, 2.75) is 18.4 Å². The van der Waals surface area contributed by atoms with Gasteiger partial charge >= 0.3 is 0 Å². The lowest BCUT2D eigenvalue weighted by Gasteiger charge is -2.22. The summed E-state index contributed by atoms with van der Waals surface area (Å²) in [4.78, 5) is 16.6. The number of halogens is 2. The Kier molecular flexibility index (Phi) is 7.25. The smallest absolute Gasteiger partial charge is 0.245 e. The first-order valence-corrected chi connectivity index (χ1v) is 11.6. The number of amides is 1. The van der Waals surface area contributed by atoms with Gasteiger partial charge in [0.1, 0.15) is 4.90 Å². The predicted molar refractivity (Wildman–Crippen MR) is 121 cm³/mol. The summed E-state index contributed by atoms with van der Waals surface area (Å²) < 4.78 is 28.4. The molecule has 0 radical (unpaired) electrons. The summed E-state index contributed by atoms with van der Waals surface area (Å²) in [6, 6.07) is 15.2. The second-order valence-electron chi connectivity index (χ2n) is 6.60. The van der Waals surface area contributed by atoms with Gasteiger partial charge in [0.2, 0.25) is 15.9 Å². The molecule has 0 saturated carbocycles. The summed E-state index contributed by atoms with van der Waals surface area (Å²) in [7, 11) is -3.94. The normalized spacial score (nSPS) is 11.5. The Morgan fingerprint density at radius 3 is 2.53 bits per heavy atom. The van der Waals surface area contributed by atoms with E-state index in [1.165, 1.54) is 24.5 Å². The highest BCUT2D eigenvalue weighted by molar-refractivity contribution is 9.10. The van der Waals surface area contributed by atoms with Crippen molar-refractivity contribution >= 4 is 49.1 Å². The van der Waals surface area contributed by atoms with E-state index in [0.717, 1.165) is 14.3 Å². The molecule has 3 rings (SSSR count). The van der Waals surface area contributed by atoms with E-state index < -0.39 is 15.9 Å². The number of benzene rings is 2. The van der Waals surface area contributed by atoms with Crippen LogP contribution in [0.1, 0.15) is 11.1 Å². The number of hydrogen-bond donors (Lipinski definition) is 1. The molecule has 0 aliphatic rings. The van der Waals surface area contributed by atoms with Crippen molar-refractivity contribution in [3.05, 3.63) is 87.6 Å². The zero-order valence-corrected chi connectivity index (χ0v) is 19.2. The van der Waals surface area contributed by atoms with Crippen molar-refractivity contribution < 1.29 is 13.2 Å². The molecule has 0 unspecified atom stereocenters. The molecular formula is C21H19BrClN3O3S. The molecule has 6 nitrogen and oxygen atoms in total. The number of nitrogens with zero attached hydrogens (tertiary/aromatic N) is 2. The van der Waals surface area contributed by atoms with Crippen molar-refractivity contribution in [1.82, 2.24) is 9.29 Å². The van der Waals surface area contributed by atoms with Crippen LogP contribution < -0.4 is 5.32 Å². The Bertz CT molecular complexity index is 1140. The molecule has 0 aliphatic carbocycles. The summed E-state index contributed by atoms with van der Waals surface area (Å²) in [6.07, 6.45) is 2.76. The summed E-state index contributed by atoms with van der Waals surface area (Å²) in [5.74, 6) is -0.446. The van der Waals surface area contributed by atoms with Gasteiger partial charge in [0, 0.05) is 34.1 Å². The Morgan fingerprint density at radius 1 is 1.17 bits per heavy atom. The maximum absolute atomic E-state index is 13.2. The highest BCUT2D eigenvalue weighted by atomic mass is 79.9. The van der Waals surface area contributed by atoms with Crippen LogP contribution in [0.4, 0.5) is 5.69 Å². The quantitative estimate of drug-likeness (QED) is 0.504. The van der Waals surface area contributed by atoms with Crippen LogP contribution in [-0.2, 0) is 21.4 Å². The lowest BCUT2D eigenvalue weighted by molar-refractivity contribution is -0.116. The van der Waals surface area contributed by atoms with E-state index in [-0.39, 0.29) is 18.0 Å². The van der Waals surface area contributed by atoms with Crippen molar-refractivity contribution in [2.24, 2.45) is 0 Å². The molecular weight excluding hydrogens is 490 g/mol. The Balaban J connectivity index is 1.85. The first kappa shape index (κ1) is 22.4. The van der Waals surface area contributed by atoms with Gasteiger partial charge in [0.25, 0.3) is 0 Å². The Morgan fingerprint density at radius 2 is 1.90 bits per heavy atom. The zero-order valence-electron chi connectivity index (χ0n) is 16.0. The van der Waals surface area contributed by atoms with Gasteiger partial charge in [-0.05, 0) is 60.5 Å². The molecule has 0 saturated heterocycles. The van der Waals surface area contributed by atoms with Crippen LogP contribution in [0.5, 0.6) is 0 Å². The predicted octanol–water partition coefficient (Wildman–Crippen LogP) is 4.64. The number of hydrogen-bond acceptors (Lipinski definition) is 4. The zero-order chi connectivity index (χ0) is 21.7. The second kappa shape index (κ2) is 9.70. The van der Waals surface area contributed by atoms with E-state index >= 15 is 0 Å². The van der Waals surface area contributed by atoms with Crippen molar-refractivity contribution in [1.29, 1.82) is 0 Å². The van der Waals surface area contributed by atoms with E-state index in [2.05, 4.69) is 26.2 Å². The molecule has 156 valence electrons. The van der Waals surface area contributed by atoms with Gasteiger partial charge in [-0.3, -0.25) is 9.78 Å². The average molecular weight is 509 g/mol. The van der Waals surface area contributed by atoms with E-state index in [4.69, 9.17) is 11.6 Å². The van der Waals surface area contributed by atoms with Gasteiger partial charge in [0.05, 0.1) is 6.54 Å². The number of aryl methyl sites for hydroxylation is 1. The maximum atomic E-state index is 13.2. The number of sulfonamides is 1. The van der Waals surface area contributed by atoms with Crippen LogP contribution in [0.25, 0.3) is 0 Å². The maximum Gasteiger partial charge on any atom is 0.245 e. The summed E-state index contributed by atoms with van der Waals surface area (Å²) >= 11 is 9.34. The van der Waals surface area contributed by atoms with Crippen LogP contribution in [-0.4, -0.2) is 30.2 Å². The lowest BCUT2D eigenvalue weighted by atomic mass is 10.2. The molecule has 3 aromatic rings. The van der Waals surface area contributed by atoms with Gasteiger partial charge in [-0.1, -0.05) is 39.7 Å². The molecule has 30 heavy (non-hydrogen) atoms.